The number of carbonyl (C=O) groups is 2. The van der Waals surface area contributed by atoms with Gasteiger partial charge in [-0.1, -0.05) is 47.7 Å². The number of aromatic nitrogens is 2. The van der Waals surface area contributed by atoms with Crippen molar-refractivity contribution in [1.29, 1.82) is 0 Å². The normalized spacial score (nSPS) is 18.1. The van der Waals surface area contributed by atoms with Crippen molar-refractivity contribution in [3.63, 3.8) is 0 Å². The Morgan fingerprint density at radius 2 is 1.77 bits per heavy atom. The Labute approximate surface area is 182 Å². The number of Topliss-reactive ketones (excluding diaryl/α,β-unsaturated/α-hetero) is 1. The van der Waals surface area contributed by atoms with Crippen LogP contribution in [-0.2, 0) is 9.59 Å². The highest BCUT2D eigenvalue weighted by atomic mass is 32.1. The fourth-order valence-electron chi connectivity index (χ4n) is 3.77. The quantitative estimate of drug-likeness (QED) is 0.293. The first kappa shape index (κ1) is 19.1. The third-order valence-electron chi connectivity index (χ3n) is 5.25. The molecule has 4 aromatic rings. The standard InChI is InChI=1S/C24H17N3O3S/c1-14-7-8-17-18(13-14)31-24(26-17)27-20(15-9-11-25-12-10-15)19(22(29)23(27)30)21(28)16-5-3-2-4-6-16/h2-13,20,28H,1H3. The van der Waals surface area contributed by atoms with Gasteiger partial charge in [-0.2, -0.15) is 0 Å². The number of aliphatic hydroxyl groups excluding tert-OH is 1. The van der Waals surface area contributed by atoms with E-state index >= 15 is 0 Å². The van der Waals surface area contributed by atoms with Crippen LogP contribution in [0.1, 0.15) is 22.7 Å². The van der Waals surface area contributed by atoms with Gasteiger partial charge in [-0.25, -0.2) is 4.98 Å². The molecule has 5 rings (SSSR count). The number of fused-ring (bicyclic) bond motifs is 1. The third-order valence-corrected chi connectivity index (χ3v) is 6.27. The van der Waals surface area contributed by atoms with E-state index in [-0.39, 0.29) is 11.3 Å². The Morgan fingerprint density at radius 1 is 1.03 bits per heavy atom. The minimum atomic E-state index is -0.801. The van der Waals surface area contributed by atoms with E-state index in [0.29, 0.717) is 16.3 Å². The summed E-state index contributed by atoms with van der Waals surface area (Å²) in [5.41, 5.74) is 3.02. The molecule has 7 heteroatoms. The van der Waals surface area contributed by atoms with Gasteiger partial charge in [0.15, 0.2) is 5.13 Å². The highest BCUT2D eigenvalue weighted by Gasteiger charge is 2.48. The number of anilines is 1. The van der Waals surface area contributed by atoms with E-state index in [4.69, 9.17) is 0 Å². The Bertz CT molecular complexity index is 1350. The van der Waals surface area contributed by atoms with Crippen LogP contribution in [0.15, 0.2) is 78.6 Å². The molecule has 1 aliphatic heterocycles. The molecule has 31 heavy (non-hydrogen) atoms. The average molecular weight is 427 g/mol. The van der Waals surface area contributed by atoms with Gasteiger partial charge in [0.2, 0.25) is 0 Å². The fourth-order valence-corrected chi connectivity index (χ4v) is 4.86. The first-order valence-electron chi connectivity index (χ1n) is 9.68. The summed E-state index contributed by atoms with van der Waals surface area (Å²) in [4.78, 5) is 36.3. The van der Waals surface area contributed by atoms with Gasteiger partial charge < -0.3 is 5.11 Å². The van der Waals surface area contributed by atoms with E-state index in [1.54, 1.807) is 48.8 Å². The number of rotatable bonds is 3. The maximum absolute atomic E-state index is 13.2. The van der Waals surface area contributed by atoms with Crippen LogP contribution >= 0.6 is 11.3 Å². The maximum Gasteiger partial charge on any atom is 0.301 e. The van der Waals surface area contributed by atoms with Gasteiger partial charge in [0.25, 0.3) is 5.78 Å². The van der Waals surface area contributed by atoms with Crippen molar-refractivity contribution in [3.05, 3.63) is 95.3 Å². The summed E-state index contributed by atoms with van der Waals surface area (Å²) in [5, 5.41) is 11.4. The Balaban J connectivity index is 1.73. The molecular weight excluding hydrogens is 410 g/mol. The molecule has 3 heterocycles. The van der Waals surface area contributed by atoms with Crippen molar-refractivity contribution in [2.45, 2.75) is 13.0 Å². The van der Waals surface area contributed by atoms with Crippen molar-refractivity contribution >= 4 is 44.1 Å². The lowest BCUT2D eigenvalue weighted by molar-refractivity contribution is -0.132. The summed E-state index contributed by atoms with van der Waals surface area (Å²) in [7, 11) is 0. The predicted molar refractivity (Wildman–Crippen MR) is 120 cm³/mol. The molecule has 1 N–H and O–H groups in total. The summed E-state index contributed by atoms with van der Waals surface area (Å²) in [6.07, 6.45) is 3.19. The summed E-state index contributed by atoms with van der Waals surface area (Å²) in [6, 6.07) is 17.3. The molecule has 1 amide bonds. The molecule has 0 saturated carbocycles. The number of carbonyl (C=O) groups excluding carboxylic acids is 2. The maximum atomic E-state index is 13.2. The number of hydrogen-bond donors (Lipinski definition) is 1. The summed E-state index contributed by atoms with van der Waals surface area (Å²) >= 11 is 1.34. The number of pyridine rings is 1. The highest BCUT2D eigenvalue weighted by Crippen LogP contribution is 2.44. The van der Waals surface area contributed by atoms with Crippen LogP contribution in [0.3, 0.4) is 0 Å². The predicted octanol–water partition coefficient (Wildman–Crippen LogP) is 4.63. The van der Waals surface area contributed by atoms with E-state index < -0.39 is 17.7 Å². The Morgan fingerprint density at radius 3 is 2.52 bits per heavy atom. The monoisotopic (exact) mass is 427 g/mol. The van der Waals surface area contributed by atoms with Crippen LogP contribution in [0.25, 0.3) is 16.0 Å². The molecular formula is C24H17N3O3S. The van der Waals surface area contributed by atoms with Crippen molar-refractivity contribution in [1.82, 2.24) is 9.97 Å². The zero-order chi connectivity index (χ0) is 21.5. The molecule has 1 saturated heterocycles. The second kappa shape index (κ2) is 7.45. The number of thiazole rings is 1. The Kier molecular flexibility index (Phi) is 4.60. The lowest BCUT2D eigenvalue weighted by atomic mass is 9.96. The van der Waals surface area contributed by atoms with Crippen molar-refractivity contribution in [2.24, 2.45) is 0 Å². The lowest BCUT2D eigenvalue weighted by Crippen LogP contribution is -2.29. The molecule has 0 spiro atoms. The zero-order valence-electron chi connectivity index (χ0n) is 16.5. The molecule has 6 nitrogen and oxygen atoms in total. The van der Waals surface area contributed by atoms with E-state index in [1.165, 1.54) is 16.2 Å². The van der Waals surface area contributed by atoms with Gasteiger partial charge in [0.1, 0.15) is 5.76 Å². The summed E-state index contributed by atoms with van der Waals surface area (Å²) in [5.74, 6) is -1.66. The number of aryl methyl sites for hydroxylation is 1. The molecule has 1 aliphatic rings. The second-order valence-electron chi connectivity index (χ2n) is 7.28. The minimum Gasteiger partial charge on any atom is -0.507 e. The van der Waals surface area contributed by atoms with Crippen LogP contribution < -0.4 is 4.90 Å². The molecule has 1 atom stereocenters. The zero-order valence-corrected chi connectivity index (χ0v) is 17.3. The molecule has 0 bridgehead atoms. The van der Waals surface area contributed by atoms with Crippen molar-refractivity contribution in [3.8, 4) is 0 Å². The van der Waals surface area contributed by atoms with Crippen molar-refractivity contribution < 1.29 is 14.7 Å². The number of amides is 1. The smallest absolute Gasteiger partial charge is 0.301 e. The number of aliphatic hydroxyl groups is 1. The molecule has 152 valence electrons. The van der Waals surface area contributed by atoms with Gasteiger partial charge in [-0.05, 0) is 42.3 Å². The van der Waals surface area contributed by atoms with E-state index in [2.05, 4.69) is 9.97 Å². The number of benzene rings is 2. The summed E-state index contributed by atoms with van der Waals surface area (Å²) < 4.78 is 0.924. The molecule has 1 fully saturated rings. The second-order valence-corrected chi connectivity index (χ2v) is 8.29. The largest absolute Gasteiger partial charge is 0.507 e. The SMILES string of the molecule is Cc1ccc2nc(N3C(=O)C(=O)C(=C(O)c4ccccc4)C3c3ccncc3)sc2c1. The van der Waals surface area contributed by atoms with E-state index in [1.807, 2.05) is 31.2 Å². The van der Waals surface area contributed by atoms with E-state index in [9.17, 15) is 14.7 Å². The Hall–Kier alpha value is -3.84. The highest BCUT2D eigenvalue weighted by molar-refractivity contribution is 7.22. The molecule has 0 radical (unpaired) electrons. The number of hydrogen-bond acceptors (Lipinski definition) is 6. The molecule has 2 aromatic heterocycles. The van der Waals surface area contributed by atoms with E-state index in [0.717, 1.165) is 15.8 Å². The first-order valence-corrected chi connectivity index (χ1v) is 10.5. The van der Waals surface area contributed by atoms with Gasteiger partial charge in [0, 0.05) is 18.0 Å². The van der Waals surface area contributed by atoms with Gasteiger partial charge in [-0.15, -0.1) is 0 Å². The molecule has 1 unspecified atom stereocenters. The minimum absolute atomic E-state index is 0.0397. The van der Waals surface area contributed by atoms with Crippen LogP contribution in [0.5, 0.6) is 0 Å². The van der Waals surface area contributed by atoms with Crippen LogP contribution in [0.4, 0.5) is 5.13 Å². The van der Waals surface area contributed by atoms with Gasteiger partial charge in [-0.3, -0.25) is 19.5 Å². The van der Waals surface area contributed by atoms with Crippen LogP contribution in [0, 0.1) is 6.92 Å². The third kappa shape index (κ3) is 3.19. The fraction of sp³-hybridized carbons (Fsp3) is 0.0833. The van der Waals surface area contributed by atoms with Crippen molar-refractivity contribution in [2.75, 3.05) is 4.90 Å². The van der Waals surface area contributed by atoms with Gasteiger partial charge >= 0.3 is 5.91 Å². The number of ketones is 1. The van der Waals surface area contributed by atoms with Crippen LogP contribution in [-0.4, -0.2) is 26.8 Å². The van der Waals surface area contributed by atoms with Crippen LogP contribution in [0.2, 0.25) is 0 Å². The van der Waals surface area contributed by atoms with Gasteiger partial charge in [0.05, 0.1) is 21.8 Å². The number of nitrogens with zero attached hydrogens (tertiary/aromatic N) is 3. The average Bonchev–Trinajstić information content (AvgIpc) is 3.32. The molecule has 0 aliphatic carbocycles. The lowest BCUT2D eigenvalue weighted by Gasteiger charge is -2.22. The first-order chi connectivity index (χ1) is 15.0. The molecule has 2 aromatic carbocycles. The topological polar surface area (TPSA) is 83.4 Å². The summed E-state index contributed by atoms with van der Waals surface area (Å²) in [6.45, 7) is 1.99.